The third-order valence-corrected chi connectivity index (χ3v) is 5.48. The van der Waals surface area contributed by atoms with Crippen LogP contribution in [-0.2, 0) is 20.0 Å². The van der Waals surface area contributed by atoms with Gasteiger partial charge in [0.2, 0.25) is 0 Å². The molecule has 0 spiro atoms. The molecule has 0 radical (unpaired) electrons. The van der Waals surface area contributed by atoms with Crippen molar-refractivity contribution in [2.75, 3.05) is 7.05 Å². The summed E-state index contributed by atoms with van der Waals surface area (Å²) >= 11 is 5.49. The Morgan fingerprint density at radius 1 is 1.53 bits per heavy atom. The number of aromatic nitrogens is 2. The summed E-state index contributed by atoms with van der Waals surface area (Å²) in [6.07, 6.45) is 0.957. The average molecular weight is 342 g/mol. The number of hydrogen-bond acceptors (Lipinski definition) is 3. The Morgan fingerprint density at radius 2 is 2.26 bits per heavy atom. The Morgan fingerprint density at radius 3 is 2.79 bits per heavy atom. The molecule has 0 aliphatic carbocycles. The van der Waals surface area contributed by atoms with Gasteiger partial charge in [0.25, 0.3) is 0 Å². The summed E-state index contributed by atoms with van der Waals surface area (Å²) in [5.41, 5.74) is 2.37. The monoisotopic (exact) mass is 341 g/mol. The summed E-state index contributed by atoms with van der Waals surface area (Å²) < 4.78 is 3.14. The molecule has 0 bridgehead atoms. The quantitative estimate of drug-likeness (QED) is 0.819. The lowest BCUT2D eigenvalue weighted by Crippen LogP contribution is -2.22. The minimum Gasteiger partial charge on any atom is -0.293 e. The second-order valence-electron chi connectivity index (χ2n) is 4.79. The van der Waals surface area contributed by atoms with Crippen LogP contribution in [0.15, 0.2) is 22.0 Å². The lowest BCUT2D eigenvalue weighted by molar-refractivity contribution is 0.249. The van der Waals surface area contributed by atoms with Crippen molar-refractivity contribution >= 4 is 27.3 Å². The molecule has 104 valence electrons. The number of hydrogen-bond donors (Lipinski definition) is 0. The molecule has 1 unspecified atom stereocenters. The first-order chi connectivity index (χ1) is 9.04. The van der Waals surface area contributed by atoms with Gasteiger partial charge in [0.15, 0.2) is 0 Å². The molecule has 0 aliphatic heterocycles. The maximum absolute atomic E-state index is 4.55. The van der Waals surface area contributed by atoms with Crippen molar-refractivity contribution < 1.29 is 0 Å². The van der Waals surface area contributed by atoms with E-state index in [-0.39, 0.29) is 0 Å². The van der Waals surface area contributed by atoms with Gasteiger partial charge in [-0.25, -0.2) is 0 Å². The fourth-order valence-electron chi connectivity index (χ4n) is 2.11. The van der Waals surface area contributed by atoms with Gasteiger partial charge in [-0.3, -0.25) is 9.58 Å². The zero-order valence-electron chi connectivity index (χ0n) is 11.9. The molecule has 0 amide bonds. The molecule has 0 N–H and O–H groups in total. The molecule has 2 aromatic rings. The van der Waals surface area contributed by atoms with Crippen LogP contribution in [0, 0.1) is 0 Å². The maximum atomic E-state index is 4.55. The topological polar surface area (TPSA) is 21.1 Å². The predicted octanol–water partition coefficient (Wildman–Crippen LogP) is 4.00. The predicted molar refractivity (Wildman–Crippen MR) is 84.5 cm³/mol. The number of aryl methyl sites for hydroxylation is 2. The highest BCUT2D eigenvalue weighted by atomic mass is 79.9. The Labute approximate surface area is 127 Å². The number of thiophene rings is 1. The second-order valence-corrected chi connectivity index (χ2v) is 6.56. The fourth-order valence-corrected chi connectivity index (χ4v) is 3.70. The van der Waals surface area contributed by atoms with Gasteiger partial charge in [0, 0.05) is 24.5 Å². The van der Waals surface area contributed by atoms with E-state index in [2.05, 4.69) is 64.3 Å². The largest absolute Gasteiger partial charge is 0.293 e. The van der Waals surface area contributed by atoms with Crippen molar-refractivity contribution in [3.8, 4) is 0 Å². The molecule has 0 saturated heterocycles. The number of halogens is 1. The molecule has 0 aliphatic rings. The van der Waals surface area contributed by atoms with Crippen LogP contribution in [-0.4, -0.2) is 21.7 Å². The van der Waals surface area contributed by atoms with Gasteiger partial charge >= 0.3 is 0 Å². The summed E-state index contributed by atoms with van der Waals surface area (Å²) in [7, 11) is 4.18. The molecule has 2 heterocycles. The van der Waals surface area contributed by atoms with Crippen LogP contribution < -0.4 is 0 Å². The Bertz CT molecular complexity index is 533. The van der Waals surface area contributed by atoms with Crippen LogP contribution in [0.2, 0.25) is 0 Å². The van der Waals surface area contributed by atoms with Gasteiger partial charge in [0.1, 0.15) is 0 Å². The highest BCUT2D eigenvalue weighted by Gasteiger charge is 2.18. The standard InChI is InChI=1S/C14H20BrN3S/c1-5-11-14(15)12(18(4)16-11)9-17(3)10(2)13-7-6-8-19-13/h6-8,10H,5,9H2,1-4H3. The Hall–Kier alpha value is -0.650. The fraction of sp³-hybridized carbons (Fsp3) is 0.500. The zero-order valence-corrected chi connectivity index (χ0v) is 14.3. The first-order valence-corrected chi connectivity index (χ1v) is 8.15. The van der Waals surface area contributed by atoms with E-state index in [0.29, 0.717) is 6.04 Å². The van der Waals surface area contributed by atoms with Crippen LogP contribution in [0.1, 0.15) is 36.2 Å². The van der Waals surface area contributed by atoms with Crippen molar-refractivity contribution in [2.24, 2.45) is 7.05 Å². The minimum absolute atomic E-state index is 0.423. The van der Waals surface area contributed by atoms with E-state index in [4.69, 9.17) is 0 Å². The van der Waals surface area contributed by atoms with Crippen LogP contribution in [0.25, 0.3) is 0 Å². The maximum Gasteiger partial charge on any atom is 0.0767 e. The number of rotatable bonds is 5. The smallest absolute Gasteiger partial charge is 0.0767 e. The molecule has 2 aromatic heterocycles. The molecule has 1 atom stereocenters. The highest BCUT2D eigenvalue weighted by Crippen LogP contribution is 2.28. The van der Waals surface area contributed by atoms with Crippen molar-refractivity contribution in [1.29, 1.82) is 0 Å². The third kappa shape index (κ3) is 3.09. The molecule has 2 rings (SSSR count). The summed E-state index contributed by atoms with van der Waals surface area (Å²) in [4.78, 5) is 3.75. The summed E-state index contributed by atoms with van der Waals surface area (Å²) in [6.45, 7) is 5.27. The summed E-state index contributed by atoms with van der Waals surface area (Å²) in [5.74, 6) is 0. The molecule has 0 saturated carbocycles. The van der Waals surface area contributed by atoms with Gasteiger partial charge < -0.3 is 0 Å². The van der Waals surface area contributed by atoms with Gasteiger partial charge in [-0.05, 0) is 47.8 Å². The van der Waals surface area contributed by atoms with Crippen LogP contribution in [0.4, 0.5) is 0 Å². The van der Waals surface area contributed by atoms with E-state index in [1.807, 2.05) is 23.1 Å². The van der Waals surface area contributed by atoms with Gasteiger partial charge in [-0.1, -0.05) is 13.0 Å². The Kier molecular flexibility index (Phi) is 4.81. The molecule has 19 heavy (non-hydrogen) atoms. The molecule has 5 heteroatoms. The van der Waals surface area contributed by atoms with Crippen molar-refractivity contribution in [3.05, 3.63) is 38.3 Å². The molecular formula is C14H20BrN3S. The zero-order chi connectivity index (χ0) is 14.0. The molecule has 0 fully saturated rings. The lowest BCUT2D eigenvalue weighted by Gasteiger charge is -2.23. The summed E-state index contributed by atoms with van der Waals surface area (Å²) in [5, 5.41) is 6.68. The summed E-state index contributed by atoms with van der Waals surface area (Å²) in [6, 6.07) is 4.73. The average Bonchev–Trinajstić information content (AvgIpc) is 3.01. The minimum atomic E-state index is 0.423. The van der Waals surface area contributed by atoms with Crippen molar-refractivity contribution in [1.82, 2.24) is 14.7 Å². The highest BCUT2D eigenvalue weighted by molar-refractivity contribution is 9.10. The van der Waals surface area contributed by atoms with Crippen LogP contribution in [0.5, 0.6) is 0 Å². The van der Waals surface area contributed by atoms with E-state index >= 15 is 0 Å². The van der Waals surface area contributed by atoms with Gasteiger partial charge in [-0.15, -0.1) is 11.3 Å². The Balaban J connectivity index is 2.15. The van der Waals surface area contributed by atoms with Gasteiger partial charge in [0.05, 0.1) is 15.9 Å². The normalized spacial score (nSPS) is 13.2. The van der Waals surface area contributed by atoms with Crippen molar-refractivity contribution in [3.63, 3.8) is 0 Å². The molecule has 0 aromatic carbocycles. The first kappa shape index (κ1) is 14.8. The lowest BCUT2D eigenvalue weighted by atomic mass is 10.2. The molecule has 3 nitrogen and oxygen atoms in total. The SMILES string of the molecule is CCc1nn(C)c(CN(C)C(C)c2cccs2)c1Br. The first-order valence-electron chi connectivity index (χ1n) is 6.48. The van der Waals surface area contributed by atoms with Crippen LogP contribution in [0.3, 0.4) is 0 Å². The van der Waals surface area contributed by atoms with E-state index in [0.717, 1.165) is 23.1 Å². The van der Waals surface area contributed by atoms with Crippen molar-refractivity contribution in [2.45, 2.75) is 32.9 Å². The molecular weight excluding hydrogens is 322 g/mol. The van der Waals surface area contributed by atoms with Gasteiger partial charge in [-0.2, -0.15) is 5.10 Å². The second kappa shape index (κ2) is 6.20. The van der Waals surface area contributed by atoms with E-state index < -0.39 is 0 Å². The third-order valence-electron chi connectivity index (χ3n) is 3.52. The van der Waals surface area contributed by atoms with E-state index in [9.17, 15) is 0 Å². The van der Waals surface area contributed by atoms with Crippen LogP contribution >= 0.6 is 27.3 Å². The van der Waals surface area contributed by atoms with E-state index in [1.54, 1.807) is 0 Å². The number of nitrogens with zero attached hydrogens (tertiary/aromatic N) is 3. The van der Waals surface area contributed by atoms with E-state index in [1.165, 1.54) is 10.6 Å².